The van der Waals surface area contributed by atoms with Crippen LogP contribution in [0.1, 0.15) is 53.1 Å². The van der Waals surface area contributed by atoms with E-state index in [1.807, 2.05) is 6.92 Å². The first kappa shape index (κ1) is 19.8. The van der Waals surface area contributed by atoms with Crippen LogP contribution >= 0.6 is 0 Å². The lowest BCUT2D eigenvalue weighted by molar-refractivity contribution is 0.0900. The molecular formula is C21H30N6O2. The molecule has 1 aliphatic heterocycles. The van der Waals surface area contributed by atoms with E-state index in [-0.39, 0.29) is 17.5 Å². The van der Waals surface area contributed by atoms with Crippen LogP contribution < -0.4 is 10.9 Å². The van der Waals surface area contributed by atoms with Gasteiger partial charge in [0.25, 0.3) is 11.5 Å². The van der Waals surface area contributed by atoms with Gasteiger partial charge in [0.05, 0.1) is 17.9 Å². The average molecular weight is 399 g/mol. The topological polar surface area (TPSA) is 85.0 Å². The highest BCUT2D eigenvalue weighted by atomic mass is 16.2. The van der Waals surface area contributed by atoms with E-state index in [0.717, 1.165) is 62.1 Å². The molecule has 8 nitrogen and oxygen atoms in total. The molecule has 1 N–H and O–H groups in total. The number of fused-ring (bicyclic) bond motifs is 1. The standard InChI is InChI=1S/C21H30N6O2/c1-15-12-19(25(2)23-15)21(29)22-14-17-7-3-4-9-26(17)10-11-27-20(28)13-16-6-5-8-18(16)24-27/h12-13,17H,3-11,14H2,1-2H3,(H,22,29). The van der Waals surface area contributed by atoms with Crippen LogP contribution in [0.4, 0.5) is 0 Å². The van der Waals surface area contributed by atoms with Crippen LogP contribution in [0.5, 0.6) is 0 Å². The molecule has 0 spiro atoms. The van der Waals surface area contributed by atoms with Gasteiger partial charge >= 0.3 is 0 Å². The lowest BCUT2D eigenvalue weighted by atomic mass is 10.0. The number of likely N-dealkylation sites (tertiary alicyclic amines) is 1. The van der Waals surface area contributed by atoms with Gasteiger partial charge in [-0.2, -0.15) is 10.2 Å². The van der Waals surface area contributed by atoms with Crippen molar-refractivity contribution in [3.8, 4) is 0 Å². The minimum atomic E-state index is -0.0878. The first-order valence-corrected chi connectivity index (χ1v) is 10.6. The van der Waals surface area contributed by atoms with Gasteiger partial charge in [-0.25, -0.2) is 4.68 Å². The largest absolute Gasteiger partial charge is 0.349 e. The molecule has 29 heavy (non-hydrogen) atoms. The van der Waals surface area contributed by atoms with Crippen molar-refractivity contribution in [3.63, 3.8) is 0 Å². The van der Waals surface area contributed by atoms with E-state index in [1.165, 1.54) is 6.42 Å². The highest BCUT2D eigenvalue weighted by Gasteiger charge is 2.24. The van der Waals surface area contributed by atoms with Gasteiger partial charge < -0.3 is 5.32 Å². The zero-order chi connectivity index (χ0) is 20.4. The summed E-state index contributed by atoms with van der Waals surface area (Å²) in [7, 11) is 1.79. The van der Waals surface area contributed by atoms with Gasteiger partial charge in [0.2, 0.25) is 0 Å². The van der Waals surface area contributed by atoms with Gasteiger partial charge in [-0.1, -0.05) is 6.42 Å². The van der Waals surface area contributed by atoms with Crippen molar-refractivity contribution in [2.45, 2.75) is 58.0 Å². The zero-order valence-corrected chi connectivity index (χ0v) is 17.4. The molecule has 0 bridgehead atoms. The maximum absolute atomic E-state index is 12.5. The third-order valence-electron chi connectivity index (χ3n) is 6.10. The van der Waals surface area contributed by atoms with Crippen LogP contribution in [-0.4, -0.2) is 56.0 Å². The summed E-state index contributed by atoms with van der Waals surface area (Å²) in [5, 5.41) is 11.9. The summed E-state index contributed by atoms with van der Waals surface area (Å²) in [6, 6.07) is 3.85. The van der Waals surface area contributed by atoms with Crippen LogP contribution in [0.15, 0.2) is 16.9 Å². The van der Waals surface area contributed by atoms with Gasteiger partial charge in [0.1, 0.15) is 5.69 Å². The second-order valence-electron chi connectivity index (χ2n) is 8.22. The minimum absolute atomic E-state index is 0.000843. The summed E-state index contributed by atoms with van der Waals surface area (Å²) in [5.74, 6) is -0.0878. The molecule has 4 rings (SSSR count). The fraction of sp³-hybridized carbons (Fsp3) is 0.619. The van der Waals surface area contributed by atoms with Gasteiger partial charge in [-0.3, -0.25) is 19.2 Å². The van der Waals surface area contributed by atoms with E-state index in [4.69, 9.17) is 0 Å². The Labute approximate surface area is 170 Å². The van der Waals surface area contributed by atoms with Crippen LogP contribution in [-0.2, 0) is 26.4 Å². The normalized spacial score (nSPS) is 19.3. The Morgan fingerprint density at radius 2 is 2.03 bits per heavy atom. The number of amides is 1. The molecule has 1 saturated heterocycles. The molecule has 0 radical (unpaired) electrons. The number of carbonyl (C=O) groups is 1. The summed E-state index contributed by atoms with van der Waals surface area (Å²) < 4.78 is 3.24. The third kappa shape index (κ3) is 4.42. The summed E-state index contributed by atoms with van der Waals surface area (Å²) in [6.07, 6.45) is 6.41. The van der Waals surface area contributed by atoms with Crippen molar-refractivity contribution in [2.75, 3.05) is 19.6 Å². The lowest BCUT2D eigenvalue weighted by Gasteiger charge is -2.35. The Balaban J connectivity index is 1.36. The second-order valence-corrected chi connectivity index (χ2v) is 8.22. The number of aryl methyl sites for hydroxylation is 4. The Hall–Kier alpha value is -2.48. The van der Waals surface area contributed by atoms with Gasteiger partial charge in [-0.15, -0.1) is 0 Å². The Bertz CT molecular complexity index is 947. The monoisotopic (exact) mass is 398 g/mol. The maximum atomic E-state index is 12.5. The van der Waals surface area contributed by atoms with Gasteiger partial charge in [0, 0.05) is 32.2 Å². The number of hydrogen-bond acceptors (Lipinski definition) is 5. The van der Waals surface area contributed by atoms with Crippen molar-refractivity contribution < 1.29 is 4.79 Å². The molecule has 8 heteroatoms. The Morgan fingerprint density at radius 1 is 1.17 bits per heavy atom. The Kier molecular flexibility index (Phi) is 5.80. The number of rotatable bonds is 6. The molecule has 1 amide bonds. The fourth-order valence-electron chi connectivity index (χ4n) is 4.53. The zero-order valence-electron chi connectivity index (χ0n) is 17.4. The summed E-state index contributed by atoms with van der Waals surface area (Å²) in [6.45, 7) is 4.85. The van der Waals surface area contributed by atoms with Gasteiger partial charge in [-0.05, 0) is 57.2 Å². The first-order chi connectivity index (χ1) is 14.0. The van der Waals surface area contributed by atoms with Crippen molar-refractivity contribution in [2.24, 2.45) is 7.05 Å². The van der Waals surface area contributed by atoms with Crippen LogP contribution in [0.3, 0.4) is 0 Å². The first-order valence-electron chi connectivity index (χ1n) is 10.6. The molecule has 2 aromatic heterocycles. The quantitative estimate of drug-likeness (QED) is 0.786. The molecule has 1 atom stereocenters. The fourth-order valence-corrected chi connectivity index (χ4v) is 4.53. The average Bonchev–Trinajstić information content (AvgIpc) is 3.29. The molecule has 1 unspecified atom stereocenters. The molecule has 2 aliphatic rings. The molecule has 0 aromatic carbocycles. The van der Waals surface area contributed by atoms with Crippen LogP contribution in [0.2, 0.25) is 0 Å². The number of nitrogens with zero attached hydrogens (tertiary/aromatic N) is 5. The van der Waals surface area contributed by atoms with E-state index >= 15 is 0 Å². The van der Waals surface area contributed by atoms with Gasteiger partial charge in [0.15, 0.2) is 0 Å². The van der Waals surface area contributed by atoms with E-state index < -0.39 is 0 Å². The molecule has 0 saturated carbocycles. The SMILES string of the molecule is Cc1cc(C(=O)NCC2CCCCN2CCn2nc3c(cc2=O)CCC3)n(C)n1. The van der Waals surface area contributed by atoms with Crippen molar-refractivity contribution in [1.29, 1.82) is 0 Å². The molecular weight excluding hydrogens is 368 g/mol. The predicted molar refractivity (Wildman–Crippen MR) is 110 cm³/mol. The minimum Gasteiger partial charge on any atom is -0.349 e. The molecule has 3 heterocycles. The van der Waals surface area contributed by atoms with Crippen molar-refractivity contribution in [3.05, 3.63) is 45.1 Å². The summed E-state index contributed by atoms with van der Waals surface area (Å²) in [5.41, 5.74) is 3.62. The smallest absolute Gasteiger partial charge is 0.269 e. The maximum Gasteiger partial charge on any atom is 0.269 e. The third-order valence-corrected chi connectivity index (χ3v) is 6.10. The number of hydrogen-bond donors (Lipinski definition) is 1. The summed E-state index contributed by atoms with van der Waals surface area (Å²) in [4.78, 5) is 27.3. The van der Waals surface area contributed by atoms with Crippen LogP contribution in [0, 0.1) is 6.92 Å². The van der Waals surface area contributed by atoms with E-state index in [0.29, 0.717) is 18.8 Å². The molecule has 156 valence electrons. The number of nitrogens with one attached hydrogen (secondary N) is 1. The molecule has 2 aromatic rings. The highest BCUT2D eigenvalue weighted by molar-refractivity contribution is 5.92. The molecule has 1 aliphatic carbocycles. The number of piperidine rings is 1. The lowest BCUT2D eigenvalue weighted by Crippen LogP contribution is -2.48. The van der Waals surface area contributed by atoms with E-state index in [2.05, 4.69) is 20.4 Å². The second kappa shape index (κ2) is 8.49. The summed E-state index contributed by atoms with van der Waals surface area (Å²) >= 11 is 0. The highest BCUT2D eigenvalue weighted by Crippen LogP contribution is 2.18. The van der Waals surface area contributed by atoms with E-state index in [1.54, 1.807) is 28.5 Å². The Morgan fingerprint density at radius 3 is 2.83 bits per heavy atom. The molecule has 1 fully saturated rings. The number of carbonyl (C=O) groups excluding carboxylic acids is 1. The van der Waals surface area contributed by atoms with Crippen molar-refractivity contribution in [1.82, 2.24) is 29.8 Å². The van der Waals surface area contributed by atoms with Crippen LogP contribution in [0.25, 0.3) is 0 Å². The predicted octanol–water partition coefficient (Wildman–Crippen LogP) is 1.06. The number of aromatic nitrogens is 4. The van der Waals surface area contributed by atoms with Crippen molar-refractivity contribution >= 4 is 5.91 Å². The van der Waals surface area contributed by atoms with E-state index in [9.17, 15) is 9.59 Å².